The smallest absolute Gasteiger partial charge is 0.325 e. The first-order valence-electron chi connectivity index (χ1n) is 4.54. The van der Waals surface area contributed by atoms with Crippen LogP contribution in [0.5, 0.6) is 0 Å². The molecule has 0 aromatic carbocycles. The van der Waals surface area contributed by atoms with Gasteiger partial charge in [-0.05, 0) is 26.0 Å². The van der Waals surface area contributed by atoms with Crippen LogP contribution < -0.4 is 5.73 Å². The molecule has 0 radical (unpaired) electrons. The van der Waals surface area contributed by atoms with E-state index in [1.54, 1.807) is 11.8 Å². The molecule has 2 atom stereocenters. The van der Waals surface area contributed by atoms with Crippen molar-refractivity contribution in [3.8, 4) is 0 Å². The molecule has 1 aliphatic carbocycles. The van der Waals surface area contributed by atoms with Crippen LogP contribution >= 0.6 is 11.8 Å². The van der Waals surface area contributed by atoms with Gasteiger partial charge in [0.2, 0.25) is 0 Å². The van der Waals surface area contributed by atoms with Crippen molar-refractivity contribution in [2.45, 2.75) is 42.9 Å². The normalized spacial score (nSPS) is 40.2. The van der Waals surface area contributed by atoms with Crippen LogP contribution in [-0.2, 0) is 4.79 Å². The Morgan fingerprint density at radius 2 is 2.00 bits per heavy atom. The molecule has 3 N–H and O–H groups in total. The lowest BCUT2D eigenvalue weighted by Gasteiger charge is -2.45. The Hall–Kier alpha value is -0.220. The standard InChI is InChI=1S/C9H17NO2S/c1-8(13-2)5-3-4-6-9(8,10)7(11)12/h3-6,10H2,1-2H3,(H,11,12)/t8-,9-/m1/s1. The Balaban J connectivity index is 2.96. The number of hydrogen-bond donors (Lipinski definition) is 2. The van der Waals surface area contributed by atoms with Gasteiger partial charge < -0.3 is 10.8 Å². The molecule has 0 aromatic heterocycles. The summed E-state index contributed by atoms with van der Waals surface area (Å²) in [4.78, 5) is 11.1. The van der Waals surface area contributed by atoms with Crippen molar-refractivity contribution in [3.63, 3.8) is 0 Å². The second-order valence-corrected chi connectivity index (χ2v) is 5.23. The van der Waals surface area contributed by atoms with E-state index >= 15 is 0 Å². The predicted octanol–water partition coefficient (Wildman–Crippen LogP) is 1.46. The van der Waals surface area contributed by atoms with Crippen molar-refractivity contribution < 1.29 is 9.90 Å². The number of thioether (sulfide) groups is 1. The molecule has 0 amide bonds. The summed E-state index contributed by atoms with van der Waals surface area (Å²) in [6, 6.07) is 0. The first kappa shape index (κ1) is 10.9. The van der Waals surface area contributed by atoms with Gasteiger partial charge in [-0.1, -0.05) is 12.8 Å². The van der Waals surface area contributed by atoms with E-state index in [-0.39, 0.29) is 4.75 Å². The van der Waals surface area contributed by atoms with Gasteiger partial charge in [0.1, 0.15) is 5.54 Å². The van der Waals surface area contributed by atoms with E-state index in [2.05, 4.69) is 0 Å². The number of aliphatic carboxylic acids is 1. The summed E-state index contributed by atoms with van der Waals surface area (Å²) in [7, 11) is 0. The summed E-state index contributed by atoms with van der Waals surface area (Å²) >= 11 is 1.58. The molecule has 13 heavy (non-hydrogen) atoms. The molecule has 0 aromatic rings. The van der Waals surface area contributed by atoms with Crippen LogP contribution in [0.25, 0.3) is 0 Å². The van der Waals surface area contributed by atoms with Crippen LogP contribution in [0.4, 0.5) is 0 Å². The number of nitrogens with two attached hydrogens (primary N) is 1. The van der Waals surface area contributed by atoms with Crippen molar-refractivity contribution in [1.29, 1.82) is 0 Å². The SMILES string of the molecule is CS[C@]1(C)CCCC[C@@]1(N)C(=O)O. The molecular weight excluding hydrogens is 186 g/mol. The third kappa shape index (κ3) is 1.57. The summed E-state index contributed by atoms with van der Waals surface area (Å²) < 4.78 is -0.308. The molecule has 1 saturated carbocycles. The largest absolute Gasteiger partial charge is 0.480 e. The van der Waals surface area contributed by atoms with E-state index in [0.29, 0.717) is 6.42 Å². The summed E-state index contributed by atoms with van der Waals surface area (Å²) in [6.45, 7) is 1.96. The minimum atomic E-state index is -1.04. The minimum Gasteiger partial charge on any atom is -0.480 e. The Labute approximate surface area is 83.1 Å². The molecule has 1 rings (SSSR count). The number of carbonyl (C=O) groups is 1. The summed E-state index contributed by atoms with van der Waals surface area (Å²) in [5, 5.41) is 9.13. The van der Waals surface area contributed by atoms with Crippen molar-refractivity contribution in [2.75, 3.05) is 6.26 Å². The highest BCUT2D eigenvalue weighted by Gasteiger charge is 2.52. The monoisotopic (exact) mass is 203 g/mol. The van der Waals surface area contributed by atoms with Gasteiger partial charge in [0, 0.05) is 4.75 Å². The fraction of sp³-hybridized carbons (Fsp3) is 0.889. The quantitative estimate of drug-likeness (QED) is 0.713. The van der Waals surface area contributed by atoms with Crippen molar-refractivity contribution >= 4 is 17.7 Å². The Morgan fingerprint density at radius 1 is 1.46 bits per heavy atom. The van der Waals surface area contributed by atoms with E-state index in [1.807, 2.05) is 13.2 Å². The second-order valence-electron chi connectivity index (χ2n) is 3.92. The highest BCUT2D eigenvalue weighted by atomic mass is 32.2. The van der Waals surface area contributed by atoms with Gasteiger partial charge in [-0.25, -0.2) is 0 Å². The zero-order chi connectivity index (χ0) is 10.1. The predicted molar refractivity (Wildman–Crippen MR) is 54.9 cm³/mol. The van der Waals surface area contributed by atoms with Crippen LogP contribution in [0, 0.1) is 0 Å². The van der Waals surface area contributed by atoms with Crippen molar-refractivity contribution in [1.82, 2.24) is 0 Å². The van der Waals surface area contributed by atoms with Gasteiger partial charge in [-0.2, -0.15) is 11.8 Å². The molecule has 0 spiro atoms. The Morgan fingerprint density at radius 3 is 2.38 bits per heavy atom. The van der Waals surface area contributed by atoms with Gasteiger partial charge >= 0.3 is 5.97 Å². The lowest BCUT2D eigenvalue weighted by Crippen LogP contribution is -2.63. The summed E-state index contributed by atoms with van der Waals surface area (Å²) in [6.07, 6.45) is 5.45. The molecule has 76 valence electrons. The van der Waals surface area contributed by atoms with Gasteiger partial charge in [0.15, 0.2) is 0 Å². The average Bonchev–Trinajstić information content (AvgIpc) is 2.10. The van der Waals surface area contributed by atoms with Gasteiger partial charge in [-0.15, -0.1) is 0 Å². The maximum Gasteiger partial charge on any atom is 0.325 e. The van der Waals surface area contributed by atoms with Crippen LogP contribution in [0.1, 0.15) is 32.6 Å². The molecule has 4 heteroatoms. The first-order valence-corrected chi connectivity index (χ1v) is 5.76. The molecule has 0 unspecified atom stereocenters. The number of carboxylic acid groups (broad SMARTS) is 1. The fourth-order valence-electron chi connectivity index (χ4n) is 1.97. The van der Waals surface area contributed by atoms with Crippen LogP contribution in [0.15, 0.2) is 0 Å². The van der Waals surface area contributed by atoms with Gasteiger partial charge in [0.05, 0.1) is 0 Å². The lowest BCUT2D eigenvalue weighted by molar-refractivity contribution is -0.145. The van der Waals surface area contributed by atoms with Crippen molar-refractivity contribution in [3.05, 3.63) is 0 Å². The molecule has 0 heterocycles. The van der Waals surface area contributed by atoms with E-state index in [1.165, 1.54) is 0 Å². The maximum absolute atomic E-state index is 11.1. The van der Waals surface area contributed by atoms with Gasteiger partial charge in [0.25, 0.3) is 0 Å². The molecular formula is C9H17NO2S. The third-order valence-electron chi connectivity index (χ3n) is 3.25. The first-order chi connectivity index (χ1) is 5.96. The third-order valence-corrected chi connectivity index (χ3v) is 4.72. The van der Waals surface area contributed by atoms with Gasteiger partial charge in [-0.3, -0.25) is 4.79 Å². The topological polar surface area (TPSA) is 63.3 Å². The molecule has 3 nitrogen and oxygen atoms in total. The average molecular weight is 203 g/mol. The summed E-state index contributed by atoms with van der Waals surface area (Å²) in [5.74, 6) is -0.857. The molecule has 1 fully saturated rings. The minimum absolute atomic E-state index is 0.308. The second kappa shape index (κ2) is 3.50. The number of hydrogen-bond acceptors (Lipinski definition) is 3. The Kier molecular flexibility index (Phi) is 2.92. The van der Waals surface area contributed by atoms with Crippen LogP contribution in [-0.4, -0.2) is 27.6 Å². The fourth-order valence-corrected chi connectivity index (χ4v) is 2.87. The lowest BCUT2D eigenvalue weighted by atomic mass is 9.73. The molecule has 0 aliphatic heterocycles. The highest BCUT2D eigenvalue weighted by Crippen LogP contribution is 2.44. The molecule has 0 bridgehead atoms. The van der Waals surface area contributed by atoms with Crippen molar-refractivity contribution in [2.24, 2.45) is 5.73 Å². The number of carboxylic acids is 1. The van der Waals surface area contributed by atoms with Crippen LogP contribution in [0.3, 0.4) is 0 Å². The molecule has 1 aliphatic rings. The van der Waals surface area contributed by atoms with E-state index in [0.717, 1.165) is 19.3 Å². The summed E-state index contributed by atoms with van der Waals surface area (Å²) in [5.41, 5.74) is 4.93. The zero-order valence-electron chi connectivity index (χ0n) is 8.17. The highest BCUT2D eigenvalue weighted by molar-refractivity contribution is 8.00. The van der Waals surface area contributed by atoms with E-state index in [9.17, 15) is 4.79 Å². The zero-order valence-corrected chi connectivity index (χ0v) is 8.99. The van der Waals surface area contributed by atoms with E-state index in [4.69, 9.17) is 10.8 Å². The number of rotatable bonds is 2. The van der Waals surface area contributed by atoms with E-state index < -0.39 is 11.5 Å². The Bertz CT molecular complexity index is 222. The molecule has 0 saturated heterocycles. The van der Waals surface area contributed by atoms with Crippen LogP contribution in [0.2, 0.25) is 0 Å². The maximum atomic E-state index is 11.1.